The van der Waals surface area contributed by atoms with Crippen molar-refractivity contribution >= 4 is 17.2 Å². The number of hydrogen-bond donors (Lipinski definition) is 1. The Kier molecular flexibility index (Phi) is 6.38. The molecule has 27 heavy (non-hydrogen) atoms. The van der Waals surface area contributed by atoms with Gasteiger partial charge in [-0.25, -0.2) is 9.37 Å². The number of hydrogen-bond acceptors (Lipinski definition) is 5. The summed E-state index contributed by atoms with van der Waals surface area (Å²) < 4.78 is 24.0. The first kappa shape index (κ1) is 18.8. The summed E-state index contributed by atoms with van der Waals surface area (Å²) in [5.41, 5.74) is 1.36. The summed E-state index contributed by atoms with van der Waals surface area (Å²) in [6, 6.07) is 13.5. The Morgan fingerprint density at radius 3 is 2.81 bits per heavy atom. The van der Waals surface area contributed by atoms with Gasteiger partial charge in [0.05, 0.1) is 25.8 Å². The molecule has 7 heteroatoms. The number of methoxy groups -OCH3 is 1. The molecule has 0 unspecified atom stereocenters. The number of nitrogens with zero attached hydrogens (tertiary/aromatic N) is 1. The van der Waals surface area contributed by atoms with E-state index < -0.39 is 0 Å². The SMILES string of the molecule is COc1cccc(OCCNC(=O)Cc2csc(-c3cccc(F)c3)n2)c1. The average molecular weight is 386 g/mol. The summed E-state index contributed by atoms with van der Waals surface area (Å²) in [6.07, 6.45) is 0.172. The number of amides is 1. The van der Waals surface area contributed by atoms with E-state index in [0.717, 1.165) is 0 Å². The van der Waals surface area contributed by atoms with Crippen LogP contribution in [0.1, 0.15) is 5.69 Å². The van der Waals surface area contributed by atoms with Crippen molar-refractivity contribution in [3.05, 3.63) is 65.4 Å². The van der Waals surface area contributed by atoms with Crippen LogP contribution in [-0.2, 0) is 11.2 Å². The normalized spacial score (nSPS) is 10.4. The van der Waals surface area contributed by atoms with Gasteiger partial charge in [-0.2, -0.15) is 0 Å². The van der Waals surface area contributed by atoms with Crippen LogP contribution < -0.4 is 14.8 Å². The van der Waals surface area contributed by atoms with E-state index in [1.165, 1.54) is 23.5 Å². The van der Waals surface area contributed by atoms with Gasteiger partial charge in [0.25, 0.3) is 0 Å². The van der Waals surface area contributed by atoms with E-state index in [0.29, 0.717) is 40.9 Å². The summed E-state index contributed by atoms with van der Waals surface area (Å²) in [5.74, 6) is 0.954. The second kappa shape index (κ2) is 9.14. The predicted molar refractivity (Wildman–Crippen MR) is 103 cm³/mol. The number of rotatable bonds is 8. The lowest BCUT2D eigenvalue weighted by molar-refractivity contribution is -0.120. The zero-order chi connectivity index (χ0) is 19.1. The van der Waals surface area contributed by atoms with E-state index in [1.807, 2.05) is 23.6 Å². The molecule has 5 nitrogen and oxygen atoms in total. The number of aromatic nitrogens is 1. The molecule has 1 heterocycles. The molecule has 1 N–H and O–H groups in total. The maximum Gasteiger partial charge on any atom is 0.226 e. The first-order chi connectivity index (χ1) is 13.1. The number of nitrogens with one attached hydrogen (secondary N) is 1. The zero-order valence-corrected chi connectivity index (χ0v) is 15.6. The first-order valence-electron chi connectivity index (χ1n) is 8.38. The van der Waals surface area contributed by atoms with Gasteiger partial charge >= 0.3 is 0 Å². The van der Waals surface area contributed by atoms with Gasteiger partial charge in [-0.05, 0) is 24.3 Å². The fourth-order valence-electron chi connectivity index (χ4n) is 2.42. The summed E-state index contributed by atoms with van der Waals surface area (Å²) in [5, 5.41) is 5.30. The van der Waals surface area contributed by atoms with Crippen molar-refractivity contribution in [2.24, 2.45) is 0 Å². The fraction of sp³-hybridized carbons (Fsp3) is 0.200. The van der Waals surface area contributed by atoms with Gasteiger partial charge in [0.1, 0.15) is 28.9 Å². The Balaban J connectivity index is 1.44. The van der Waals surface area contributed by atoms with Crippen LogP contribution in [-0.4, -0.2) is 31.2 Å². The Hall–Kier alpha value is -2.93. The average Bonchev–Trinajstić information content (AvgIpc) is 3.14. The van der Waals surface area contributed by atoms with Crippen LogP contribution in [0.3, 0.4) is 0 Å². The van der Waals surface area contributed by atoms with Gasteiger partial charge in [-0.1, -0.05) is 18.2 Å². The van der Waals surface area contributed by atoms with Gasteiger partial charge in [0.2, 0.25) is 5.91 Å². The van der Waals surface area contributed by atoms with Crippen molar-refractivity contribution in [3.8, 4) is 22.1 Å². The van der Waals surface area contributed by atoms with Crippen LogP contribution in [0.25, 0.3) is 10.6 Å². The molecule has 3 rings (SSSR count). The second-order valence-corrected chi connectivity index (χ2v) is 6.57. The molecular weight excluding hydrogens is 367 g/mol. The third kappa shape index (κ3) is 5.52. The minimum absolute atomic E-state index is 0.139. The molecule has 2 aromatic carbocycles. The van der Waals surface area contributed by atoms with Crippen LogP contribution in [0.4, 0.5) is 4.39 Å². The maximum absolute atomic E-state index is 13.3. The number of ether oxygens (including phenoxy) is 2. The number of carbonyl (C=O) groups is 1. The predicted octanol–water partition coefficient (Wildman–Crippen LogP) is 3.70. The van der Waals surface area contributed by atoms with Crippen LogP contribution in [0.5, 0.6) is 11.5 Å². The second-order valence-electron chi connectivity index (χ2n) is 5.71. The van der Waals surface area contributed by atoms with Crippen molar-refractivity contribution < 1.29 is 18.7 Å². The van der Waals surface area contributed by atoms with Crippen molar-refractivity contribution in [2.45, 2.75) is 6.42 Å². The van der Waals surface area contributed by atoms with Gasteiger partial charge < -0.3 is 14.8 Å². The van der Waals surface area contributed by atoms with Gasteiger partial charge in [-0.15, -0.1) is 11.3 Å². The van der Waals surface area contributed by atoms with Gasteiger partial charge in [0.15, 0.2) is 0 Å². The highest BCUT2D eigenvalue weighted by Crippen LogP contribution is 2.24. The third-order valence-electron chi connectivity index (χ3n) is 3.70. The number of thiazole rings is 1. The van der Waals surface area contributed by atoms with Crippen molar-refractivity contribution in [2.75, 3.05) is 20.3 Å². The summed E-state index contributed by atoms with van der Waals surface area (Å²) in [7, 11) is 1.59. The monoisotopic (exact) mass is 386 g/mol. The molecule has 0 atom stereocenters. The topological polar surface area (TPSA) is 60.5 Å². The zero-order valence-electron chi connectivity index (χ0n) is 14.8. The van der Waals surface area contributed by atoms with E-state index in [4.69, 9.17) is 9.47 Å². The summed E-state index contributed by atoms with van der Waals surface area (Å²) in [4.78, 5) is 16.4. The smallest absolute Gasteiger partial charge is 0.226 e. The molecule has 3 aromatic rings. The van der Waals surface area contributed by atoms with E-state index >= 15 is 0 Å². The number of halogens is 1. The third-order valence-corrected chi connectivity index (χ3v) is 4.64. The summed E-state index contributed by atoms with van der Waals surface area (Å²) in [6.45, 7) is 0.738. The maximum atomic E-state index is 13.3. The molecular formula is C20H19FN2O3S. The number of benzene rings is 2. The molecule has 0 aliphatic heterocycles. The lowest BCUT2D eigenvalue weighted by Crippen LogP contribution is -2.29. The molecule has 0 bridgehead atoms. The lowest BCUT2D eigenvalue weighted by Gasteiger charge is -2.08. The number of carbonyl (C=O) groups excluding carboxylic acids is 1. The van der Waals surface area contributed by atoms with Crippen molar-refractivity contribution in [3.63, 3.8) is 0 Å². The van der Waals surface area contributed by atoms with Crippen LogP contribution in [0, 0.1) is 5.82 Å². The molecule has 1 aromatic heterocycles. The highest BCUT2D eigenvalue weighted by Gasteiger charge is 2.09. The molecule has 0 saturated heterocycles. The standard InChI is InChI=1S/C20H19FN2O3S/c1-25-17-6-3-7-18(12-17)26-9-8-22-19(24)11-16-13-27-20(23-16)14-4-2-5-15(21)10-14/h2-7,10,12-13H,8-9,11H2,1H3,(H,22,24). The van der Waals surface area contributed by atoms with Crippen LogP contribution in [0.2, 0.25) is 0 Å². The Bertz CT molecular complexity index is 914. The van der Waals surface area contributed by atoms with Gasteiger partial charge in [0, 0.05) is 17.0 Å². The molecule has 0 fully saturated rings. The van der Waals surface area contributed by atoms with Crippen LogP contribution >= 0.6 is 11.3 Å². The van der Waals surface area contributed by atoms with Crippen molar-refractivity contribution in [1.29, 1.82) is 0 Å². The molecule has 1 amide bonds. The Morgan fingerprint density at radius 1 is 1.19 bits per heavy atom. The van der Waals surface area contributed by atoms with Crippen LogP contribution in [0.15, 0.2) is 53.9 Å². The molecule has 140 valence electrons. The fourth-order valence-corrected chi connectivity index (χ4v) is 3.24. The molecule has 0 saturated carbocycles. The van der Waals surface area contributed by atoms with Crippen molar-refractivity contribution in [1.82, 2.24) is 10.3 Å². The van der Waals surface area contributed by atoms with Gasteiger partial charge in [-0.3, -0.25) is 4.79 Å². The molecule has 0 aliphatic carbocycles. The molecule has 0 aliphatic rings. The Labute approximate surface area is 160 Å². The molecule has 0 radical (unpaired) electrons. The first-order valence-corrected chi connectivity index (χ1v) is 9.26. The highest BCUT2D eigenvalue weighted by atomic mass is 32.1. The Morgan fingerprint density at radius 2 is 2.00 bits per heavy atom. The quantitative estimate of drug-likeness (QED) is 0.600. The largest absolute Gasteiger partial charge is 0.497 e. The lowest BCUT2D eigenvalue weighted by atomic mass is 10.2. The minimum Gasteiger partial charge on any atom is -0.497 e. The van der Waals surface area contributed by atoms with E-state index in [-0.39, 0.29) is 18.1 Å². The minimum atomic E-state index is -0.307. The summed E-state index contributed by atoms with van der Waals surface area (Å²) >= 11 is 1.39. The van der Waals surface area contributed by atoms with E-state index in [2.05, 4.69) is 10.3 Å². The highest BCUT2D eigenvalue weighted by molar-refractivity contribution is 7.13. The molecule has 0 spiro atoms. The van der Waals surface area contributed by atoms with E-state index in [1.54, 1.807) is 25.3 Å². The van der Waals surface area contributed by atoms with E-state index in [9.17, 15) is 9.18 Å².